The van der Waals surface area contributed by atoms with Gasteiger partial charge in [0, 0.05) is 15.4 Å². The maximum Gasteiger partial charge on any atom is 0.277 e. The molecule has 30 heavy (non-hydrogen) atoms. The first-order chi connectivity index (χ1) is 14.7. The second-order valence-corrected chi connectivity index (χ2v) is 8.75. The Kier molecular flexibility index (Phi) is 5.06. The van der Waals surface area contributed by atoms with Crippen LogP contribution in [0.1, 0.15) is 5.56 Å². The number of anilines is 2. The summed E-state index contributed by atoms with van der Waals surface area (Å²) >= 11 is 2.93. The molecule has 5 nitrogen and oxygen atoms in total. The van der Waals surface area contributed by atoms with Gasteiger partial charge in [-0.1, -0.05) is 66.0 Å². The summed E-state index contributed by atoms with van der Waals surface area (Å²) in [6, 6.07) is 23.8. The first kappa shape index (κ1) is 19.0. The van der Waals surface area contributed by atoms with Crippen molar-refractivity contribution < 1.29 is 9.21 Å². The molecule has 0 bridgehead atoms. The fraction of sp³-hybridized carbons (Fsp3) is 0.0870. The molecule has 0 saturated carbocycles. The third kappa shape index (κ3) is 3.51. The van der Waals surface area contributed by atoms with Gasteiger partial charge in [0.15, 0.2) is 0 Å². The molecule has 4 aromatic rings. The highest BCUT2D eigenvalue weighted by atomic mass is 32.2. The molecule has 0 saturated heterocycles. The van der Waals surface area contributed by atoms with Crippen LogP contribution in [0.4, 0.5) is 11.4 Å². The third-order valence-electron chi connectivity index (χ3n) is 4.78. The highest BCUT2D eigenvalue weighted by Crippen LogP contribution is 2.48. The molecule has 1 aliphatic rings. The van der Waals surface area contributed by atoms with Gasteiger partial charge in [-0.25, -0.2) is 0 Å². The molecule has 0 fully saturated rings. The molecule has 148 valence electrons. The van der Waals surface area contributed by atoms with Gasteiger partial charge in [0.25, 0.3) is 5.22 Å². The summed E-state index contributed by atoms with van der Waals surface area (Å²) in [6.45, 7) is 2.00. The quantitative estimate of drug-likeness (QED) is 0.371. The number of fused-ring (bicyclic) bond motifs is 2. The standard InChI is InChI=1S/C23H17N3O2S2/c1-15-8-2-3-9-16(15)22-24-25-23(28-22)29-14-21(27)26-17-10-4-6-12-19(17)30-20-13-7-5-11-18(20)26/h2-13H,14H2,1H3. The normalized spacial score (nSPS) is 12.4. The number of hydrogen-bond acceptors (Lipinski definition) is 6. The molecular weight excluding hydrogens is 414 g/mol. The second-order valence-electron chi connectivity index (χ2n) is 6.74. The fourth-order valence-electron chi connectivity index (χ4n) is 3.35. The molecule has 7 heteroatoms. The van der Waals surface area contributed by atoms with Crippen molar-refractivity contribution in [2.24, 2.45) is 0 Å². The van der Waals surface area contributed by atoms with E-state index in [-0.39, 0.29) is 11.7 Å². The average Bonchev–Trinajstić information content (AvgIpc) is 3.25. The van der Waals surface area contributed by atoms with Gasteiger partial charge in [-0.2, -0.15) is 0 Å². The summed E-state index contributed by atoms with van der Waals surface area (Å²) in [7, 11) is 0. The van der Waals surface area contributed by atoms with E-state index in [0.717, 1.165) is 32.3 Å². The number of nitrogens with zero attached hydrogens (tertiary/aromatic N) is 3. The molecule has 0 N–H and O–H groups in total. The first-order valence-electron chi connectivity index (χ1n) is 9.42. The number of aryl methyl sites for hydroxylation is 1. The number of para-hydroxylation sites is 2. The van der Waals surface area contributed by atoms with E-state index in [2.05, 4.69) is 10.2 Å². The summed E-state index contributed by atoms with van der Waals surface area (Å²) in [5.41, 5.74) is 3.77. The molecule has 2 heterocycles. The number of carbonyl (C=O) groups excluding carboxylic acids is 1. The van der Waals surface area contributed by atoms with Crippen LogP contribution in [0.3, 0.4) is 0 Å². The van der Waals surface area contributed by atoms with E-state index < -0.39 is 0 Å². The fourth-order valence-corrected chi connectivity index (χ4v) is 5.02. The van der Waals surface area contributed by atoms with Gasteiger partial charge in [0.05, 0.1) is 17.1 Å². The number of thioether (sulfide) groups is 1. The van der Waals surface area contributed by atoms with Crippen molar-refractivity contribution in [3.8, 4) is 11.5 Å². The largest absolute Gasteiger partial charge is 0.411 e. The van der Waals surface area contributed by atoms with Crippen LogP contribution in [0.15, 0.2) is 92.2 Å². The van der Waals surface area contributed by atoms with E-state index >= 15 is 0 Å². The van der Waals surface area contributed by atoms with Crippen LogP contribution in [0.2, 0.25) is 0 Å². The highest BCUT2D eigenvalue weighted by molar-refractivity contribution is 8.00. The number of amides is 1. The minimum absolute atomic E-state index is 0.0316. The molecule has 5 rings (SSSR count). The van der Waals surface area contributed by atoms with Gasteiger partial charge in [-0.15, -0.1) is 10.2 Å². The second kappa shape index (κ2) is 8.01. The lowest BCUT2D eigenvalue weighted by atomic mass is 10.1. The van der Waals surface area contributed by atoms with E-state index in [0.29, 0.717) is 11.1 Å². The van der Waals surface area contributed by atoms with Crippen LogP contribution >= 0.6 is 23.5 Å². The minimum atomic E-state index is -0.0316. The molecule has 0 atom stereocenters. The Morgan fingerprint density at radius 2 is 1.57 bits per heavy atom. The molecule has 0 unspecified atom stereocenters. The third-order valence-corrected chi connectivity index (χ3v) is 6.72. The van der Waals surface area contributed by atoms with Crippen LogP contribution in [-0.4, -0.2) is 21.9 Å². The Bertz CT molecular complexity index is 1190. The lowest BCUT2D eigenvalue weighted by Gasteiger charge is -2.30. The van der Waals surface area contributed by atoms with Gasteiger partial charge >= 0.3 is 0 Å². The summed E-state index contributed by atoms with van der Waals surface area (Å²) in [5, 5.41) is 8.64. The van der Waals surface area contributed by atoms with Gasteiger partial charge in [0.2, 0.25) is 11.8 Å². The van der Waals surface area contributed by atoms with Crippen molar-refractivity contribution in [2.45, 2.75) is 21.9 Å². The van der Waals surface area contributed by atoms with Gasteiger partial charge in [-0.05, 0) is 42.8 Å². The van der Waals surface area contributed by atoms with E-state index in [1.807, 2.05) is 79.7 Å². The lowest BCUT2D eigenvalue weighted by Crippen LogP contribution is -2.29. The van der Waals surface area contributed by atoms with Crippen LogP contribution in [-0.2, 0) is 4.79 Å². The SMILES string of the molecule is Cc1ccccc1-c1nnc(SCC(=O)N2c3ccccc3Sc3ccccc32)o1. The van der Waals surface area contributed by atoms with Crippen LogP contribution in [0.5, 0.6) is 0 Å². The zero-order valence-corrected chi connectivity index (χ0v) is 17.7. The lowest BCUT2D eigenvalue weighted by molar-refractivity contribution is -0.115. The minimum Gasteiger partial charge on any atom is -0.411 e. The number of benzene rings is 3. The van der Waals surface area contributed by atoms with E-state index in [1.165, 1.54) is 11.8 Å². The smallest absolute Gasteiger partial charge is 0.277 e. The van der Waals surface area contributed by atoms with Crippen molar-refractivity contribution in [3.63, 3.8) is 0 Å². The van der Waals surface area contributed by atoms with Crippen LogP contribution in [0.25, 0.3) is 11.5 Å². The predicted octanol–water partition coefficient (Wildman–Crippen LogP) is 5.97. The van der Waals surface area contributed by atoms with Gasteiger partial charge in [-0.3, -0.25) is 9.69 Å². The Labute approximate surface area is 182 Å². The zero-order valence-electron chi connectivity index (χ0n) is 16.1. The number of aromatic nitrogens is 2. The summed E-state index contributed by atoms with van der Waals surface area (Å²) in [5.74, 6) is 0.631. The van der Waals surface area contributed by atoms with Crippen molar-refractivity contribution in [1.82, 2.24) is 10.2 Å². The number of rotatable bonds is 4. The molecule has 0 radical (unpaired) electrons. The Balaban J connectivity index is 1.38. The van der Waals surface area contributed by atoms with Gasteiger partial charge < -0.3 is 4.42 Å². The molecule has 0 spiro atoms. The highest BCUT2D eigenvalue weighted by Gasteiger charge is 2.28. The predicted molar refractivity (Wildman–Crippen MR) is 119 cm³/mol. The molecule has 1 amide bonds. The topological polar surface area (TPSA) is 59.2 Å². The molecule has 1 aromatic heterocycles. The first-order valence-corrected chi connectivity index (χ1v) is 11.2. The van der Waals surface area contributed by atoms with Crippen molar-refractivity contribution in [3.05, 3.63) is 78.4 Å². The summed E-state index contributed by atoms with van der Waals surface area (Å²) < 4.78 is 5.79. The number of hydrogen-bond donors (Lipinski definition) is 0. The Morgan fingerprint density at radius 1 is 0.933 bits per heavy atom. The van der Waals surface area contributed by atoms with Crippen LogP contribution < -0.4 is 4.90 Å². The number of carbonyl (C=O) groups is 1. The molecule has 3 aromatic carbocycles. The van der Waals surface area contributed by atoms with Crippen molar-refractivity contribution in [2.75, 3.05) is 10.7 Å². The zero-order chi connectivity index (χ0) is 20.5. The average molecular weight is 432 g/mol. The van der Waals surface area contributed by atoms with Crippen molar-refractivity contribution >= 4 is 40.8 Å². The molecular formula is C23H17N3O2S2. The maximum absolute atomic E-state index is 13.2. The summed E-state index contributed by atoms with van der Waals surface area (Å²) in [4.78, 5) is 17.1. The van der Waals surface area contributed by atoms with E-state index in [9.17, 15) is 4.79 Å². The summed E-state index contributed by atoms with van der Waals surface area (Å²) in [6.07, 6.45) is 0. The van der Waals surface area contributed by atoms with Crippen molar-refractivity contribution in [1.29, 1.82) is 0 Å². The van der Waals surface area contributed by atoms with Crippen LogP contribution in [0, 0.1) is 6.92 Å². The van der Waals surface area contributed by atoms with E-state index in [4.69, 9.17) is 4.42 Å². The molecule has 1 aliphatic heterocycles. The Hall–Kier alpha value is -3.03. The van der Waals surface area contributed by atoms with E-state index in [1.54, 1.807) is 16.7 Å². The Morgan fingerprint density at radius 3 is 2.27 bits per heavy atom. The monoisotopic (exact) mass is 431 g/mol. The van der Waals surface area contributed by atoms with Gasteiger partial charge in [0.1, 0.15) is 0 Å². The maximum atomic E-state index is 13.2. The molecule has 0 aliphatic carbocycles.